The van der Waals surface area contributed by atoms with Gasteiger partial charge in [-0.15, -0.1) is 0 Å². The van der Waals surface area contributed by atoms with Gasteiger partial charge in [-0.3, -0.25) is 4.79 Å². The van der Waals surface area contributed by atoms with Crippen LogP contribution in [0, 0.1) is 5.92 Å². The van der Waals surface area contributed by atoms with Gasteiger partial charge in [0.1, 0.15) is 0 Å². The third kappa shape index (κ3) is 4.11. The molecule has 1 aromatic carbocycles. The van der Waals surface area contributed by atoms with Crippen molar-refractivity contribution in [1.29, 1.82) is 0 Å². The molecule has 1 amide bonds. The third-order valence-electron chi connectivity index (χ3n) is 3.62. The zero-order valence-electron chi connectivity index (χ0n) is 12.1. The van der Waals surface area contributed by atoms with Crippen molar-refractivity contribution in [2.45, 2.75) is 19.8 Å². The van der Waals surface area contributed by atoms with Crippen LogP contribution < -0.4 is 16.0 Å². The van der Waals surface area contributed by atoms with Gasteiger partial charge in [-0.1, -0.05) is 0 Å². The second-order valence-corrected chi connectivity index (χ2v) is 5.34. The van der Waals surface area contributed by atoms with Gasteiger partial charge in [-0.05, 0) is 43.9 Å². The largest absolute Gasteiger partial charge is 0.478 e. The number of nitrogen functional groups attached to an aromatic ring is 1. The monoisotopic (exact) mass is 291 g/mol. The smallest absolute Gasteiger partial charge is 0.335 e. The lowest BCUT2D eigenvalue weighted by Crippen LogP contribution is -2.38. The number of nitrogens with two attached hydrogens (primary N) is 1. The highest BCUT2D eigenvalue weighted by molar-refractivity contribution is 5.91. The van der Waals surface area contributed by atoms with Gasteiger partial charge in [-0.2, -0.15) is 0 Å². The number of hydrogen-bond donors (Lipinski definition) is 3. The number of hydrogen-bond acceptors (Lipinski definition) is 4. The van der Waals surface area contributed by atoms with Gasteiger partial charge in [0.2, 0.25) is 5.91 Å². The van der Waals surface area contributed by atoms with E-state index in [0.717, 1.165) is 6.54 Å². The average molecular weight is 291 g/mol. The lowest BCUT2D eigenvalue weighted by molar-refractivity contribution is -0.119. The predicted molar refractivity (Wildman–Crippen MR) is 81.4 cm³/mol. The van der Waals surface area contributed by atoms with E-state index >= 15 is 0 Å². The highest BCUT2D eigenvalue weighted by Gasteiger charge is 2.22. The fourth-order valence-electron chi connectivity index (χ4n) is 2.15. The highest BCUT2D eigenvalue weighted by Crippen LogP contribution is 2.27. The summed E-state index contributed by atoms with van der Waals surface area (Å²) in [5, 5.41) is 11.8. The zero-order valence-corrected chi connectivity index (χ0v) is 12.1. The molecule has 1 aromatic rings. The number of nitrogens with one attached hydrogen (secondary N) is 1. The van der Waals surface area contributed by atoms with Crippen molar-refractivity contribution in [1.82, 2.24) is 5.32 Å². The summed E-state index contributed by atoms with van der Waals surface area (Å²) in [5.74, 6) is -0.409. The molecule has 1 aliphatic carbocycles. The van der Waals surface area contributed by atoms with Crippen LogP contribution in [0.4, 0.5) is 11.4 Å². The standard InChI is InChI=1S/C15H21N3O3/c1-2-18(9-14(19)17-8-10-3-4-10)13-6-5-11(15(20)21)7-12(13)16/h5-7,10H,2-4,8-9,16H2,1H3,(H,17,19)(H,20,21). The van der Waals surface area contributed by atoms with Crippen molar-refractivity contribution in [3.8, 4) is 0 Å². The molecular formula is C15H21N3O3. The number of carboxylic acid groups (broad SMARTS) is 1. The van der Waals surface area contributed by atoms with Crippen molar-refractivity contribution in [3.05, 3.63) is 23.8 Å². The molecule has 2 rings (SSSR count). The molecule has 0 unspecified atom stereocenters. The Labute approximate surface area is 123 Å². The summed E-state index contributed by atoms with van der Waals surface area (Å²) in [6, 6.07) is 4.57. The number of benzene rings is 1. The topological polar surface area (TPSA) is 95.7 Å². The number of carbonyl (C=O) groups excluding carboxylic acids is 1. The normalized spacial score (nSPS) is 13.8. The number of rotatable bonds is 7. The van der Waals surface area contributed by atoms with Gasteiger partial charge in [0.15, 0.2) is 0 Å². The van der Waals surface area contributed by atoms with Crippen molar-refractivity contribution in [2.75, 3.05) is 30.3 Å². The fourth-order valence-corrected chi connectivity index (χ4v) is 2.15. The van der Waals surface area contributed by atoms with E-state index in [9.17, 15) is 9.59 Å². The number of likely N-dealkylation sites (N-methyl/N-ethyl adjacent to an activating group) is 1. The molecule has 6 heteroatoms. The van der Waals surface area contributed by atoms with Crippen molar-refractivity contribution >= 4 is 23.3 Å². The van der Waals surface area contributed by atoms with E-state index in [1.54, 1.807) is 6.07 Å². The molecule has 114 valence electrons. The summed E-state index contributed by atoms with van der Waals surface area (Å²) in [7, 11) is 0. The minimum atomic E-state index is -1.02. The molecule has 1 aliphatic rings. The Hall–Kier alpha value is -2.24. The van der Waals surface area contributed by atoms with Crippen LogP contribution in [0.25, 0.3) is 0 Å². The molecule has 0 radical (unpaired) electrons. The Balaban J connectivity index is 2.01. The second kappa shape index (κ2) is 6.47. The number of anilines is 2. The summed E-state index contributed by atoms with van der Waals surface area (Å²) in [5.41, 5.74) is 7.10. The summed E-state index contributed by atoms with van der Waals surface area (Å²) >= 11 is 0. The number of carboxylic acids is 1. The Kier molecular flexibility index (Phi) is 4.67. The number of aromatic carboxylic acids is 1. The molecular weight excluding hydrogens is 270 g/mol. The molecule has 21 heavy (non-hydrogen) atoms. The van der Waals surface area contributed by atoms with Gasteiger partial charge in [0.25, 0.3) is 0 Å². The Morgan fingerprint density at radius 3 is 2.67 bits per heavy atom. The molecule has 4 N–H and O–H groups in total. The molecule has 0 aromatic heterocycles. The van der Waals surface area contributed by atoms with Gasteiger partial charge in [-0.25, -0.2) is 4.79 Å². The molecule has 0 bridgehead atoms. The van der Waals surface area contributed by atoms with Gasteiger partial charge < -0.3 is 21.1 Å². The predicted octanol–water partition coefficient (Wildman–Crippen LogP) is 1.32. The summed E-state index contributed by atoms with van der Waals surface area (Å²) in [6.45, 7) is 3.51. The minimum absolute atomic E-state index is 0.0366. The molecule has 0 spiro atoms. The zero-order chi connectivity index (χ0) is 15.4. The van der Waals surface area contributed by atoms with Crippen molar-refractivity contribution < 1.29 is 14.7 Å². The molecule has 1 saturated carbocycles. The van der Waals surface area contributed by atoms with E-state index < -0.39 is 5.97 Å². The summed E-state index contributed by atoms with van der Waals surface area (Å²) in [6.07, 6.45) is 2.39. The maximum Gasteiger partial charge on any atom is 0.335 e. The van der Waals surface area contributed by atoms with E-state index in [0.29, 0.717) is 23.8 Å². The first-order valence-electron chi connectivity index (χ1n) is 7.15. The lowest BCUT2D eigenvalue weighted by atomic mass is 10.1. The minimum Gasteiger partial charge on any atom is -0.478 e. The van der Waals surface area contributed by atoms with E-state index in [1.165, 1.54) is 25.0 Å². The van der Waals surface area contributed by atoms with Crippen LogP contribution in [0.2, 0.25) is 0 Å². The molecule has 6 nitrogen and oxygen atoms in total. The molecule has 0 atom stereocenters. The van der Waals surface area contributed by atoms with Crippen LogP contribution >= 0.6 is 0 Å². The Morgan fingerprint density at radius 2 is 2.14 bits per heavy atom. The quantitative estimate of drug-likeness (QED) is 0.658. The van der Waals surface area contributed by atoms with Crippen LogP contribution in [0.15, 0.2) is 18.2 Å². The summed E-state index contributed by atoms with van der Waals surface area (Å²) in [4.78, 5) is 24.7. The molecule has 0 aliphatic heterocycles. The van der Waals surface area contributed by atoms with Crippen LogP contribution in [0.3, 0.4) is 0 Å². The van der Waals surface area contributed by atoms with Gasteiger partial charge in [0.05, 0.1) is 23.5 Å². The van der Waals surface area contributed by atoms with Crippen molar-refractivity contribution in [2.24, 2.45) is 5.92 Å². The van der Waals surface area contributed by atoms with E-state index in [4.69, 9.17) is 10.8 Å². The maximum absolute atomic E-state index is 11.9. The first-order chi connectivity index (χ1) is 10.0. The number of amides is 1. The van der Waals surface area contributed by atoms with E-state index in [1.807, 2.05) is 11.8 Å². The number of carbonyl (C=O) groups is 2. The van der Waals surface area contributed by atoms with Gasteiger partial charge in [0, 0.05) is 13.1 Å². The second-order valence-electron chi connectivity index (χ2n) is 5.34. The fraction of sp³-hybridized carbons (Fsp3) is 0.467. The summed E-state index contributed by atoms with van der Waals surface area (Å²) < 4.78 is 0. The third-order valence-corrected chi connectivity index (χ3v) is 3.62. The van der Waals surface area contributed by atoms with E-state index in [2.05, 4.69) is 5.32 Å². The first kappa shape index (κ1) is 15.2. The molecule has 0 heterocycles. The highest BCUT2D eigenvalue weighted by atomic mass is 16.4. The molecule has 0 saturated heterocycles. The Morgan fingerprint density at radius 1 is 1.43 bits per heavy atom. The van der Waals surface area contributed by atoms with Crippen molar-refractivity contribution in [3.63, 3.8) is 0 Å². The average Bonchev–Trinajstić information content (AvgIpc) is 3.27. The maximum atomic E-state index is 11.9. The van der Waals surface area contributed by atoms with Crippen LogP contribution in [0.5, 0.6) is 0 Å². The first-order valence-corrected chi connectivity index (χ1v) is 7.15. The number of nitrogens with zero attached hydrogens (tertiary/aromatic N) is 1. The van der Waals surface area contributed by atoms with Crippen LogP contribution in [0.1, 0.15) is 30.1 Å². The van der Waals surface area contributed by atoms with E-state index in [-0.39, 0.29) is 18.0 Å². The van der Waals surface area contributed by atoms with Gasteiger partial charge >= 0.3 is 5.97 Å². The van der Waals surface area contributed by atoms with Crippen LogP contribution in [-0.2, 0) is 4.79 Å². The Bertz CT molecular complexity index is 541. The lowest BCUT2D eigenvalue weighted by Gasteiger charge is -2.24. The SMILES string of the molecule is CCN(CC(=O)NCC1CC1)c1ccc(C(=O)O)cc1N. The van der Waals surface area contributed by atoms with Crippen LogP contribution in [-0.4, -0.2) is 36.6 Å². The molecule has 1 fully saturated rings.